The molecular weight excluding hydrogens is 336 g/mol. The van der Waals surface area contributed by atoms with Crippen LogP contribution in [0.15, 0.2) is 40.7 Å². The van der Waals surface area contributed by atoms with E-state index in [1.165, 1.54) is 25.1 Å². The van der Waals surface area contributed by atoms with Gasteiger partial charge in [0.05, 0.1) is 11.7 Å². The first-order valence-corrected chi connectivity index (χ1v) is 8.36. The third kappa shape index (κ3) is 4.06. The highest BCUT2D eigenvalue weighted by molar-refractivity contribution is 5.83. The average Bonchev–Trinajstić information content (AvgIpc) is 2.62. The van der Waals surface area contributed by atoms with Gasteiger partial charge in [0.25, 0.3) is 0 Å². The molecule has 0 amide bonds. The Kier molecular flexibility index (Phi) is 6.42. The topological polar surface area (TPSA) is 48.2 Å². The molecule has 136 valence electrons. The van der Waals surface area contributed by atoms with Gasteiger partial charge in [0.2, 0.25) is 0 Å². The first-order chi connectivity index (χ1) is 12.4. The van der Waals surface area contributed by atoms with Crippen LogP contribution in [0.3, 0.4) is 0 Å². The Morgan fingerprint density at radius 1 is 1.23 bits per heavy atom. The standard InChI is InChI=1S/C20H21F2N3O/c1-5-16-18(22)12-17(13(4)26)19(14-9-8-10-15(21)11-14)20(16)23-24-25(6-2)7-3/h1,8-13,26H,6-7H2,2-4H3/b24-23+. The van der Waals surface area contributed by atoms with Crippen LogP contribution in [0.25, 0.3) is 11.1 Å². The second-order valence-electron chi connectivity index (χ2n) is 5.71. The Morgan fingerprint density at radius 3 is 2.46 bits per heavy atom. The Morgan fingerprint density at radius 2 is 1.92 bits per heavy atom. The molecule has 0 aliphatic rings. The van der Waals surface area contributed by atoms with E-state index in [0.29, 0.717) is 24.2 Å². The Balaban J connectivity index is 2.83. The maximum Gasteiger partial charge on any atom is 0.141 e. The van der Waals surface area contributed by atoms with Crippen LogP contribution < -0.4 is 0 Å². The molecule has 0 aliphatic heterocycles. The molecular formula is C20H21F2N3O. The van der Waals surface area contributed by atoms with Crippen LogP contribution in [0.2, 0.25) is 0 Å². The lowest BCUT2D eigenvalue weighted by Gasteiger charge is -2.18. The normalized spacial score (nSPS) is 12.2. The van der Waals surface area contributed by atoms with Crippen LogP contribution in [0.1, 0.15) is 38.0 Å². The van der Waals surface area contributed by atoms with Crippen LogP contribution in [0, 0.1) is 24.0 Å². The molecule has 0 aromatic heterocycles. The molecule has 0 bridgehead atoms. The van der Waals surface area contributed by atoms with E-state index >= 15 is 0 Å². The summed E-state index contributed by atoms with van der Waals surface area (Å²) in [6.07, 6.45) is 4.48. The van der Waals surface area contributed by atoms with E-state index in [1.807, 2.05) is 13.8 Å². The molecule has 0 radical (unpaired) electrons. The summed E-state index contributed by atoms with van der Waals surface area (Å²) in [7, 11) is 0. The Labute approximate surface area is 152 Å². The number of aliphatic hydroxyl groups excluding tert-OH is 1. The highest BCUT2D eigenvalue weighted by atomic mass is 19.1. The molecule has 4 nitrogen and oxygen atoms in total. The second-order valence-corrected chi connectivity index (χ2v) is 5.71. The van der Waals surface area contributed by atoms with Gasteiger partial charge < -0.3 is 5.11 Å². The quantitative estimate of drug-likeness (QED) is 0.449. The Bertz CT molecular complexity index is 853. The summed E-state index contributed by atoms with van der Waals surface area (Å²) in [6.45, 7) is 6.53. The minimum absolute atomic E-state index is 0.0791. The van der Waals surface area contributed by atoms with E-state index in [2.05, 4.69) is 16.3 Å². The number of benzene rings is 2. The predicted octanol–water partition coefficient (Wildman–Crippen LogP) is 5.01. The van der Waals surface area contributed by atoms with Crippen LogP contribution in [-0.2, 0) is 0 Å². The molecule has 2 aromatic carbocycles. The van der Waals surface area contributed by atoms with Gasteiger partial charge in [-0.25, -0.2) is 8.78 Å². The predicted molar refractivity (Wildman–Crippen MR) is 97.8 cm³/mol. The summed E-state index contributed by atoms with van der Waals surface area (Å²) in [5.41, 5.74) is 1.08. The maximum atomic E-state index is 14.5. The number of terminal acetylenes is 1. The van der Waals surface area contributed by atoms with Gasteiger partial charge in [0.15, 0.2) is 0 Å². The zero-order valence-electron chi connectivity index (χ0n) is 15.0. The second kappa shape index (κ2) is 8.54. The van der Waals surface area contributed by atoms with Gasteiger partial charge in [-0.3, -0.25) is 5.01 Å². The summed E-state index contributed by atoms with van der Waals surface area (Å²) in [6, 6.07) is 6.93. The number of halogens is 2. The fourth-order valence-corrected chi connectivity index (χ4v) is 2.63. The lowest BCUT2D eigenvalue weighted by atomic mass is 9.92. The molecule has 0 saturated carbocycles. The molecule has 0 aliphatic carbocycles. The van der Waals surface area contributed by atoms with E-state index in [0.717, 1.165) is 6.07 Å². The SMILES string of the molecule is C#Cc1c(F)cc(C(C)O)c(-c2cccc(F)c2)c1/N=N/N(CC)CC. The highest BCUT2D eigenvalue weighted by Crippen LogP contribution is 2.41. The smallest absolute Gasteiger partial charge is 0.141 e. The maximum absolute atomic E-state index is 14.5. The van der Waals surface area contributed by atoms with Crippen molar-refractivity contribution in [3.05, 3.63) is 53.1 Å². The highest BCUT2D eigenvalue weighted by Gasteiger charge is 2.22. The first-order valence-electron chi connectivity index (χ1n) is 8.36. The number of hydrogen-bond donors (Lipinski definition) is 1. The van der Waals surface area contributed by atoms with E-state index in [4.69, 9.17) is 6.42 Å². The molecule has 6 heteroatoms. The van der Waals surface area contributed by atoms with Crippen molar-refractivity contribution in [2.45, 2.75) is 26.9 Å². The third-order valence-corrected chi connectivity index (χ3v) is 3.99. The van der Waals surface area contributed by atoms with Crippen molar-refractivity contribution in [1.82, 2.24) is 5.01 Å². The van der Waals surface area contributed by atoms with Crippen molar-refractivity contribution in [2.75, 3.05) is 13.1 Å². The summed E-state index contributed by atoms with van der Waals surface area (Å²) < 4.78 is 28.3. The van der Waals surface area contributed by atoms with Crippen LogP contribution >= 0.6 is 0 Å². The summed E-state index contributed by atoms with van der Waals surface area (Å²) in [5, 5.41) is 20.1. The Hall–Kier alpha value is -2.78. The van der Waals surface area contributed by atoms with Crippen molar-refractivity contribution in [3.63, 3.8) is 0 Å². The minimum atomic E-state index is -1.00. The van der Waals surface area contributed by atoms with E-state index < -0.39 is 17.7 Å². The summed E-state index contributed by atoms with van der Waals surface area (Å²) in [5.74, 6) is 1.15. The number of aliphatic hydroxyl groups is 1. The fourth-order valence-electron chi connectivity index (χ4n) is 2.63. The van der Waals surface area contributed by atoms with Gasteiger partial charge in [-0.2, -0.15) is 0 Å². The lowest BCUT2D eigenvalue weighted by molar-refractivity contribution is 0.199. The van der Waals surface area contributed by atoms with Gasteiger partial charge in [-0.15, -0.1) is 11.5 Å². The zero-order valence-corrected chi connectivity index (χ0v) is 15.0. The summed E-state index contributed by atoms with van der Waals surface area (Å²) in [4.78, 5) is 0. The molecule has 2 rings (SSSR count). The summed E-state index contributed by atoms with van der Waals surface area (Å²) >= 11 is 0. The van der Waals surface area contributed by atoms with Gasteiger partial charge in [-0.05, 0) is 50.1 Å². The molecule has 1 unspecified atom stereocenters. The number of rotatable bonds is 6. The lowest BCUT2D eigenvalue weighted by Crippen LogP contribution is -2.14. The van der Waals surface area contributed by atoms with Crippen molar-refractivity contribution < 1.29 is 13.9 Å². The van der Waals surface area contributed by atoms with Crippen molar-refractivity contribution in [2.24, 2.45) is 10.3 Å². The van der Waals surface area contributed by atoms with Crippen molar-refractivity contribution in [3.8, 4) is 23.5 Å². The molecule has 0 fully saturated rings. The minimum Gasteiger partial charge on any atom is -0.389 e. The van der Waals surface area contributed by atoms with Crippen LogP contribution in [-0.4, -0.2) is 23.2 Å². The van der Waals surface area contributed by atoms with Gasteiger partial charge >= 0.3 is 0 Å². The zero-order chi connectivity index (χ0) is 19.3. The van der Waals surface area contributed by atoms with Crippen molar-refractivity contribution in [1.29, 1.82) is 0 Å². The molecule has 2 aromatic rings. The van der Waals surface area contributed by atoms with E-state index in [-0.39, 0.29) is 16.8 Å². The number of hydrogen-bond acceptors (Lipinski definition) is 3. The molecule has 0 spiro atoms. The van der Waals surface area contributed by atoms with Crippen molar-refractivity contribution >= 4 is 5.69 Å². The number of nitrogens with zero attached hydrogens (tertiary/aromatic N) is 3. The monoisotopic (exact) mass is 357 g/mol. The van der Waals surface area contributed by atoms with Crippen LogP contribution in [0.4, 0.5) is 14.5 Å². The van der Waals surface area contributed by atoms with E-state index in [9.17, 15) is 13.9 Å². The molecule has 1 N–H and O–H groups in total. The fraction of sp³-hybridized carbons (Fsp3) is 0.300. The van der Waals surface area contributed by atoms with Gasteiger partial charge in [0.1, 0.15) is 17.3 Å². The average molecular weight is 357 g/mol. The molecule has 0 heterocycles. The largest absolute Gasteiger partial charge is 0.389 e. The van der Waals surface area contributed by atoms with Gasteiger partial charge in [0, 0.05) is 18.7 Å². The van der Waals surface area contributed by atoms with Gasteiger partial charge in [-0.1, -0.05) is 23.3 Å². The third-order valence-electron chi connectivity index (χ3n) is 3.99. The van der Waals surface area contributed by atoms with Crippen LogP contribution in [0.5, 0.6) is 0 Å². The van der Waals surface area contributed by atoms with E-state index in [1.54, 1.807) is 11.1 Å². The first kappa shape index (κ1) is 19.5. The molecule has 0 saturated heterocycles. The molecule has 26 heavy (non-hydrogen) atoms. The molecule has 1 atom stereocenters.